The first-order chi connectivity index (χ1) is 14.3. The molecule has 0 bridgehead atoms. The number of aromatic carboxylic acids is 1. The largest absolute Gasteiger partial charge is 0.477 e. The van der Waals surface area contributed by atoms with E-state index < -0.39 is 12.0 Å². The van der Waals surface area contributed by atoms with Crippen molar-refractivity contribution in [2.75, 3.05) is 5.32 Å². The third-order valence-corrected chi connectivity index (χ3v) is 6.24. The Balaban J connectivity index is 1.66. The lowest BCUT2D eigenvalue weighted by molar-refractivity contribution is 0.0694. The summed E-state index contributed by atoms with van der Waals surface area (Å²) in [6, 6.07) is 12.8. The predicted molar refractivity (Wildman–Crippen MR) is 117 cm³/mol. The number of nitrogens with zero attached hydrogens (tertiary/aromatic N) is 1. The molecule has 3 rings (SSSR count). The molecular weight excluding hydrogens is 425 g/mol. The molecule has 3 N–H and O–H groups in total. The van der Waals surface area contributed by atoms with Gasteiger partial charge in [-0.3, -0.25) is 5.32 Å². The number of aromatic nitrogens is 1. The average Bonchev–Trinajstić information content (AvgIpc) is 3.10. The molecule has 0 radical (unpaired) electrons. The average molecular weight is 446 g/mol. The molecule has 0 aliphatic heterocycles. The number of carboxylic acid groups (broad SMARTS) is 1. The smallest absolute Gasteiger partial charge is 0.341 e. The summed E-state index contributed by atoms with van der Waals surface area (Å²) in [7, 11) is 0. The molecule has 6 nitrogen and oxygen atoms in total. The van der Waals surface area contributed by atoms with Crippen LogP contribution in [0.25, 0.3) is 0 Å². The van der Waals surface area contributed by atoms with Crippen molar-refractivity contribution in [1.29, 1.82) is 0 Å². The number of hydrogen-bond donors (Lipinski definition) is 3. The Morgan fingerprint density at radius 2 is 1.83 bits per heavy atom. The number of carboxylic acids is 1. The lowest BCUT2D eigenvalue weighted by atomic mass is 10.1. The number of halogens is 1. The molecule has 1 unspecified atom stereocenters. The summed E-state index contributed by atoms with van der Waals surface area (Å²) in [5, 5.41) is 15.4. The van der Waals surface area contributed by atoms with Crippen molar-refractivity contribution >= 4 is 40.3 Å². The maximum Gasteiger partial charge on any atom is 0.341 e. The monoisotopic (exact) mass is 445 g/mol. The minimum atomic E-state index is -1.16. The molecule has 0 saturated carbocycles. The minimum absolute atomic E-state index is 0.0262. The molecule has 1 aromatic heterocycles. The van der Waals surface area contributed by atoms with E-state index in [1.165, 1.54) is 23.9 Å². The lowest BCUT2D eigenvalue weighted by Gasteiger charge is -2.14. The van der Waals surface area contributed by atoms with Crippen molar-refractivity contribution in [3.8, 4) is 0 Å². The number of amides is 2. The van der Waals surface area contributed by atoms with Gasteiger partial charge in [0, 0.05) is 5.75 Å². The number of rotatable bonds is 7. The number of anilines is 1. The fourth-order valence-corrected chi connectivity index (χ4v) is 4.55. The topological polar surface area (TPSA) is 91.3 Å². The van der Waals surface area contributed by atoms with Crippen molar-refractivity contribution in [3.05, 3.63) is 76.6 Å². The second-order valence-electron chi connectivity index (χ2n) is 6.64. The van der Waals surface area contributed by atoms with Gasteiger partial charge >= 0.3 is 12.0 Å². The molecule has 9 heteroatoms. The summed E-state index contributed by atoms with van der Waals surface area (Å²) in [5.74, 6) is -0.948. The van der Waals surface area contributed by atoms with E-state index in [0.29, 0.717) is 10.8 Å². The van der Waals surface area contributed by atoms with Crippen LogP contribution in [-0.2, 0) is 5.75 Å². The molecule has 0 aliphatic carbocycles. The van der Waals surface area contributed by atoms with Crippen molar-refractivity contribution in [2.24, 2.45) is 0 Å². The van der Waals surface area contributed by atoms with Crippen LogP contribution in [0, 0.1) is 12.7 Å². The number of benzene rings is 2. The number of aryl methyl sites for hydroxylation is 1. The molecule has 0 saturated heterocycles. The fraction of sp³-hybridized carbons (Fsp3) is 0.190. The summed E-state index contributed by atoms with van der Waals surface area (Å²) in [4.78, 5) is 24.1. The molecule has 2 amide bonds. The maximum atomic E-state index is 13.0. The van der Waals surface area contributed by atoms with Gasteiger partial charge < -0.3 is 10.4 Å². The Labute approximate surface area is 181 Å². The van der Waals surface area contributed by atoms with Crippen LogP contribution in [0.5, 0.6) is 0 Å². The Morgan fingerprint density at radius 1 is 1.17 bits per heavy atom. The van der Waals surface area contributed by atoms with Crippen molar-refractivity contribution in [2.45, 2.75) is 30.7 Å². The summed E-state index contributed by atoms with van der Waals surface area (Å²) in [5.41, 5.74) is 2.90. The van der Waals surface area contributed by atoms with Gasteiger partial charge in [0.05, 0.1) is 6.04 Å². The van der Waals surface area contributed by atoms with E-state index in [9.17, 15) is 19.1 Å². The Bertz CT molecular complexity index is 1040. The van der Waals surface area contributed by atoms with Crippen LogP contribution in [0.1, 0.15) is 40.0 Å². The van der Waals surface area contributed by atoms with E-state index in [4.69, 9.17) is 0 Å². The standard InChI is InChI=1S/C21H20FN3O3S2/c1-12-3-5-14(6-4-12)11-29-19-17(20(26)27)18(30-25-19)24-21(28)23-13(2)15-7-9-16(22)10-8-15/h3-10,13H,11H2,1-2H3,(H,26,27)(H2,23,24,28). The first kappa shape index (κ1) is 21.8. The van der Waals surface area contributed by atoms with E-state index in [-0.39, 0.29) is 22.4 Å². The molecule has 2 aromatic carbocycles. The Morgan fingerprint density at radius 3 is 2.47 bits per heavy atom. The van der Waals surface area contributed by atoms with Gasteiger partial charge in [-0.2, -0.15) is 4.37 Å². The van der Waals surface area contributed by atoms with E-state index >= 15 is 0 Å². The lowest BCUT2D eigenvalue weighted by Crippen LogP contribution is -2.31. The first-order valence-electron chi connectivity index (χ1n) is 9.07. The zero-order valence-corrected chi connectivity index (χ0v) is 17.9. The Kier molecular flexibility index (Phi) is 7.07. The number of carbonyl (C=O) groups is 2. The first-order valence-corrected chi connectivity index (χ1v) is 10.8. The van der Waals surface area contributed by atoms with E-state index in [0.717, 1.165) is 28.2 Å². The van der Waals surface area contributed by atoms with Gasteiger partial charge in [-0.1, -0.05) is 53.7 Å². The quantitative estimate of drug-likeness (QED) is 0.420. The van der Waals surface area contributed by atoms with Gasteiger partial charge in [-0.05, 0) is 48.6 Å². The summed E-state index contributed by atoms with van der Waals surface area (Å²) < 4.78 is 17.3. The maximum absolute atomic E-state index is 13.0. The van der Waals surface area contributed by atoms with Crippen LogP contribution in [0.15, 0.2) is 53.6 Å². The molecule has 156 valence electrons. The predicted octanol–water partition coefficient (Wildman–Crippen LogP) is 5.46. The third-order valence-electron chi connectivity index (χ3n) is 4.32. The highest BCUT2D eigenvalue weighted by atomic mass is 32.2. The van der Waals surface area contributed by atoms with Crippen LogP contribution in [0.2, 0.25) is 0 Å². The van der Waals surface area contributed by atoms with Crippen LogP contribution in [0.3, 0.4) is 0 Å². The molecule has 0 aliphatic rings. The van der Waals surface area contributed by atoms with Crippen molar-refractivity contribution < 1.29 is 19.1 Å². The van der Waals surface area contributed by atoms with Gasteiger partial charge in [0.2, 0.25) is 0 Å². The fourth-order valence-electron chi connectivity index (χ4n) is 2.65. The second-order valence-corrected chi connectivity index (χ2v) is 8.38. The highest BCUT2D eigenvalue weighted by molar-refractivity contribution is 7.98. The molecule has 3 aromatic rings. The molecule has 0 spiro atoms. The molecule has 1 heterocycles. The minimum Gasteiger partial charge on any atom is -0.477 e. The van der Waals surface area contributed by atoms with Gasteiger partial charge in [0.1, 0.15) is 21.4 Å². The summed E-state index contributed by atoms with van der Waals surface area (Å²) in [6.45, 7) is 3.75. The zero-order valence-electron chi connectivity index (χ0n) is 16.3. The molecule has 0 fully saturated rings. The van der Waals surface area contributed by atoms with Gasteiger partial charge in [0.25, 0.3) is 0 Å². The van der Waals surface area contributed by atoms with Crippen molar-refractivity contribution in [1.82, 2.24) is 9.69 Å². The van der Waals surface area contributed by atoms with Crippen molar-refractivity contribution in [3.63, 3.8) is 0 Å². The highest BCUT2D eigenvalue weighted by Crippen LogP contribution is 2.33. The van der Waals surface area contributed by atoms with Gasteiger partial charge in [0.15, 0.2) is 0 Å². The SMILES string of the molecule is Cc1ccc(CSc2nsc(NC(=O)NC(C)c3ccc(F)cc3)c2C(=O)O)cc1. The van der Waals surface area contributed by atoms with E-state index in [2.05, 4.69) is 15.0 Å². The normalized spacial score (nSPS) is 11.7. The third kappa shape index (κ3) is 5.58. The second kappa shape index (κ2) is 9.73. The summed E-state index contributed by atoms with van der Waals surface area (Å²) in [6.07, 6.45) is 0. The van der Waals surface area contributed by atoms with E-state index in [1.54, 1.807) is 19.1 Å². The van der Waals surface area contributed by atoms with Crippen LogP contribution in [-0.4, -0.2) is 21.5 Å². The summed E-state index contributed by atoms with van der Waals surface area (Å²) >= 11 is 2.23. The molecule has 1 atom stereocenters. The number of nitrogens with one attached hydrogen (secondary N) is 2. The van der Waals surface area contributed by atoms with Gasteiger partial charge in [-0.15, -0.1) is 0 Å². The molecule has 30 heavy (non-hydrogen) atoms. The van der Waals surface area contributed by atoms with Crippen LogP contribution < -0.4 is 10.6 Å². The van der Waals surface area contributed by atoms with Crippen LogP contribution in [0.4, 0.5) is 14.2 Å². The number of thioether (sulfide) groups is 1. The van der Waals surface area contributed by atoms with Crippen LogP contribution >= 0.6 is 23.3 Å². The molecular formula is C21H20FN3O3S2. The Hall–Kier alpha value is -2.91. The number of urea groups is 1. The van der Waals surface area contributed by atoms with Gasteiger partial charge in [-0.25, -0.2) is 14.0 Å². The number of hydrogen-bond acceptors (Lipinski definition) is 5. The zero-order chi connectivity index (χ0) is 21.7. The number of carbonyl (C=O) groups excluding carboxylic acids is 1. The van der Waals surface area contributed by atoms with E-state index in [1.807, 2.05) is 31.2 Å². The highest BCUT2D eigenvalue weighted by Gasteiger charge is 2.23.